The first-order valence-corrected chi connectivity index (χ1v) is 21.0. The van der Waals surface area contributed by atoms with E-state index in [9.17, 15) is 14.4 Å². The van der Waals surface area contributed by atoms with Gasteiger partial charge < -0.3 is 20.9 Å². The van der Waals surface area contributed by atoms with Gasteiger partial charge in [-0.1, -0.05) is 55.5 Å². The molecule has 13 nitrogen and oxygen atoms in total. The SMILES string of the molecule is CC(=N)N1C(=N)[C@H](CC(=O)NCCCCCCCCNC(=O)CNc2cccc3c2CN(C2CCCOOC2)C3=O)N=C(c2ccc(Cl)cc2)c2c1sc(C)c2C. The second-order valence-corrected chi connectivity index (χ2v) is 16.5. The predicted molar refractivity (Wildman–Crippen MR) is 226 cm³/mol. The highest BCUT2D eigenvalue weighted by Gasteiger charge is 2.36. The maximum absolute atomic E-state index is 13.2. The van der Waals surface area contributed by atoms with Crippen molar-refractivity contribution in [3.05, 3.63) is 80.2 Å². The van der Waals surface area contributed by atoms with Gasteiger partial charge in [0.1, 0.15) is 29.3 Å². The summed E-state index contributed by atoms with van der Waals surface area (Å²) >= 11 is 7.73. The van der Waals surface area contributed by atoms with E-state index in [1.54, 1.807) is 11.8 Å². The van der Waals surface area contributed by atoms with Gasteiger partial charge in [0.05, 0.1) is 31.3 Å². The molecule has 0 saturated carbocycles. The van der Waals surface area contributed by atoms with Crippen LogP contribution in [0.3, 0.4) is 0 Å². The molecule has 3 aromatic rings. The van der Waals surface area contributed by atoms with Crippen LogP contribution in [0.1, 0.15) is 102 Å². The molecule has 15 heteroatoms. The molecule has 1 saturated heterocycles. The zero-order valence-electron chi connectivity index (χ0n) is 33.0. The van der Waals surface area contributed by atoms with Crippen molar-refractivity contribution < 1.29 is 24.2 Å². The van der Waals surface area contributed by atoms with Crippen LogP contribution in [0.4, 0.5) is 10.7 Å². The van der Waals surface area contributed by atoms with Crippen molar-refractivity contribution in [2.75, 3.05) is 43.1 Å². The van der Waals surface area contributed by atoms with Crippen LogP contribution in [0.25, 0.3) is 0 Å². The Balaban J connectivity index is 0.882. The molecule has 2 aromatic carbocycles. The second-order valence-electron chi connectivity index (χ2n) is 14.8. The molecule has 3 aliphatic heterocycles. The van der Waals surface area contributed by atoms with Gasteiger partial charge >= 0.3 is 0 Å². The first-order valence-electron chi connectivity index (χ1n) is 19.9. The first-order chi connectivity index (χ1) is 27.5. The Kier molecular flexibility index (Phi) is 14.5. The number of hydrogen-bond donors (Lipinski definition) is 5. The Hall–Kier alpha value is -4.63. The van der Waals surface area contributed by atoms with E-state index >= 15 is 0 Å². The zero-order chi connectivity index (χ0) is 40.5. The van der Waals surface area contributed by atoms with Crippen LogP contribution in [0.2, 0.25) is 5.02 Å². The molecule has 0 aliphatic carbocycles. The third kappa shape index (κ3) is 10.3. The lowest BCUT2D eigenvalue weighted by Gasteiger charge is -2.25. The summed E-state index contributed by atoms with van der Waals surface area (Å²) in [6.07, 6.45) is 7.40. The number of carbonyl (C=O) groups excluding carboxylic acids is 3. The Morgan fingerprint density at radius 2 is 1.68 bits per heavy atom. The number of benzene rings is 2. The lowest BCUT2D eigenvalue weighted by atomic mass is 9.99. The second kappa shape index (κ2) is 19.7. The average Bonchev–Trinajstić information content (AvgIpc) is 3.46. The fourth-order valence-corrected chi connectivity index (χ4v) is 8.84. The van der Waals surface area contributed by atoms with Crippen LogP contribution in [0.15, 0.2) is 47.5 Å². The number of hydrogen-bond acceptors (Lipinski definition) is 10. The van der Waals surface area contributed by atoms with Crippen molar-refractivity contribution in [1.29, 1.82) is 10.8 Å². The van der Waals surface area contributed by atoms with E-state index in [-0.39, 0.29) is 48.4 Å². The van der Waals surface area contributed by atoms with Gasteiger partial charge in [0.25, 0.3) is 5.91 Å². The van der Waals surface area contributed by atoms with Gasteiger partial charge in [0, 0.05) is 57.5 Å². The molecule has 0 radical (unpaired) electrons. The standard InChI is InChI=1S/C42H53ClN8O5S/c1-26-27(2)57-42-38(26)39(29-15-17-30(43)18-16-29)49-35(40(45)51(42)28(3)44)22-36(52)46-19-8-6-4-5-7-9-20-47-37(53)23-48-34-14-10-13-32-33(34)24-50(41(32)54)31-12-11-21-55-56-25-31/h10,13-18,31,35,44-45,48H,4-9,11-12,19-25H2,1-3H3,(H,46,52)(H,47,53)/t31?,35-/m0/s1. The Labute approximate surface area is 343 Å². The molecule has 5 N–H and O–H groups in total. The van der Waals surface area contributed by atoms with E-state index in [4.69, 9.17) is 37.2 Å². The van der Waals surface area contributed by atoms with Crippen molar-refractivity contribution in [3.8, 4) is 0 Å². The van der Waals surface area contributed by atoms with Gasteiger partial charge in [-0.2, -0.15) is 0 Å². The van der Waals surface area contributed by atoms with Gasteiger partial charge in [0.15, 0.2) is 0 Å². The summed E-state index contributed by atoms with van der Waals surface area (Å²) in [5, 5.41) is 28.3. The number of rotatable bonds is 16. The molecule has 4 heterocycles. The third-order valence-corrected chi connectivity index (χ3v) is 12.2. The topological polar surface area (TPSA) is 172 Å². The molecule has 57 heavy (non-hydrogen) atoms. The molecule has 1 aromatic heterocycles. The number of nitrogens with one attached hydrogen (secondary N) is 5. The van der Waals surface area contributed by atoms with Crippen LogP contribution in [0.5, 0.6) is 0 Å². The van der Waals surface area contributed by atoms with Crippen LogP contribution in [0, 0.1) is 24.7 Å². The van der Waals surface area contributed by atoms with Crippen LogP contribution < -0.4 is 20.9 Å². The van der Waals surface area contributed by atoms with Gasteiger partial charge in [-0.05, 0) is 76.3 Å². The fourth-order valence-electron chi connectivity index (χ4n) is 7.49. The first kappa shape index (κ1) is 42.0. The van der Waals surface area contributed by atoms with Gasteiger partial charge in [-0.3, -0.25) is 35.1 Å². The normalized spacial score (nSPS) is 18.0. The van der Waals surface area contributed by atoms with Gasteiger partial charge in [-0.15, -0.1) is 11.3 Å². The predicted octanol–water partition coefficient (Wildman–Crippen LogP) is 7.16. The lowest BCUT2D eigenvalue weighted by Crippen LogP contribution is -2.42. The summed E-state index contributed by atoms with van der Waals surface area (Å²) in [5.74, 6) is 0.0302. The van der Waals surface area contributed by atoms with E-state index in [2.05, 4.69) is 16.0 Å². The number of unbranched alkanes of at least 4 members (excludes halogenated alkanes) is 5. The molecular formula is C42H53ClN8O5S. The van der Waals surface area contributed by atoms with E-state index in [0.29, 0.717) is 49.1 Å². The van der Waals surface area contributed by atoms with Gasteiger partial charge in [-0.25, -0.2) is 9.78 Å². The average molecular weight is 817 g/mol. The fraction of sp³-hybridized carbons (Fsp3) is 0.476. The number of nitrogens with zero attached hydrogens (tertiary/aromatic N) is 3. The number of aliphatic imine (C=N–C) groups is 1. The highest BCUT2D eigenvalue weighted by atomic mass is 35.5. The van der Waals surface area contributed by atoms with E-state index in [1.165, 1.54) is 11.3 Å². The molecule has 1 unspecified atom stereocenters. The van der Waals surface area contributed by atoms with Crippen molar-refractivity contribution in [2.45, 2.75) is 97.2 Å². The van der Waals surface area contributed by atoms with E-state index in [0.717, 1.165) is 89.2 Å². The van der Waals surface area contributed by atoms with Crippen molar-refractivity contribution in [3.63, 3.8) is 0 Å². The summed E-state index contributed by atoms with van der Waals surface area (Å²) in [6.45, 7) is 8.34. The summed E-state index contributed by atoms with van der Waals surface area (Å²) in [4.78, 5) is 58.8. The molecule has 1 fully saturated rings. The zero-order valence-corrected chi connectivity index (χ0v) is 34.5. The molecule has 0 bridgehead atoms. The quantitative estimate of drug-likeness (QED) is 0.0442. The highest BCUT2D eigenvalue weighted by Crippen LogP contribution is 2.40. The highest BCUT2D eigenvalue weighted by molar-refractivity contribution is 7.17. The number of carbonyl (C=O) groups is 3. The summed E-state index contributed by atoms with van der Waals surface area (Å²) in [7, 11) is 0. The number of anilines is 2. The largest absolute Gasteiger partial charge is 0.376 e. The Morgan fingerprint density at radius 3 is 2.40 bits per heavy atom. The monoisotopic (exact) mass is 816 g/mol. The molecule has 304 valence electrons. The maximum Gasteiger partial charge on any atom is 0.254 e. The Bertz CT molecular complexity index is 1990. The van der Waals surface area contributed by atoms with E-state index in [1.807, 2.05) is 61.2 Å². The minimum absolute atomic E-state index is 0.00614. The number of thiophene rings is 1. The summed E-state index contributed by atoms with van der Waals surface area (Å²) in [5.41, 5.74) is 5.84. The molecule has 2 atom stereocenters. The van der Waals surface area contributed by atoms with Crippen LogP contribution >= 0.6 is 22.9 Å². The maximum atomic E-state index is 13.2. The number of aryl methyl sites for hydroxylation is 1. The summed E-state index contributed by atoms with van der Waals surface area (Å²) < 4.78 is 0. The smallest absolute Gasteiger partial charge is 0.254 e. The number of amides is 3. The van der Waals surface area contributed by atoms with Crippen LogP contribution in [-0.4, -0.2) is 84.9 Å². The number of fused-ring (bicyclic) bond motifs is 2. The molecule has 3 aliphatic rings. The van der Waals surface area contributed by atoms with Crippen molar-refractivity contribution in [2.24, 2.45) is 4.99 Å². The van der Waals surface area contributed by atoms with Gasteiger partial charge in [0.2, 0.25) is 11.8 Å². The number of halogens is 1. The van der Waals surface area contributed by atoms with Crippen LogP contribution in [-0.2, 0) is 25.9 Å². The van der Waals surface area contributed by atoms with Crippen molar-refractivity contribution >= 4 is 68.7 Å². The minimum Gasteiger partial charge on any atom is -0.376 e. The number of amidine groups is 2. The molecule has 0 spiro atoms. The molecule has 6 rings (SSSR count). The van der Waals surface area contributed by atoms with E-state index < -0.39 is 6.04 Å². The Morgan fingerprint density at radius 1 is 0.982 bits per heavy atom. The lowest BCUT2D eigenvalue weighted by molar-refractivity contribution is -0.292. The summed E-state index contributed by atoms with van der Waals surface area (Å²) in [6, 6.07) is 12.2. The minimum atomic E-state index is -0.759. The van der Waals surface area contributed by atoms with Crippen molar-refractivity contribution in [1.82, 2.24) is 15.5 Å². The molecular weight excluding hydrogens is 764 g/mol. The molecule has 3 amide bonds. The third-order valence-electron chi connectivity index (χ3n) is 10.7.